The smallest absolute Gasteiger partial charge is 0.227 e. The van der Waals surface area contributed by atoms with Gasteiger partial charge in [-0.1, -0.05) is 11.2 Å². The van der Waals surface area contributed by atoms with Crippen molar-refractivity contribution in [3.63, 3.8) is 0 Å². The number of nitrogens with zero attached hydrogens (tertiary/aromatic N) is 3. The molecule has 0 aliphatic carbocycles. The highest BCUT2D eigenvalue weighted by atomic mass is 16.5. The SMILES string of the molecule is CC(=O)Nc1cccc(NC(=O)CCc2nc(-c3cccnc3)no2)c1. The van der Waals surface area contributed by atoms with E-state index in [0.717, 1.165) is 5.56 Å². The first-order chi connectivity index (χ1) is 12.6. The van der Waals surface area contributed by atoms with Crippen molar-refractivity contribution in [1.82, 2.24) is 15.1 Å². The van der Waals surface area contributed by atoms with Gasteiger partial charge in [-0.05, 0) is 30.3 Å². The molecule has 26 heavy (non-hydrogen) atoms. The van der Waals surface area contributed by atoms with Gasteiger partial charge in [0.25, 0.3) is 0 Å². The lowest BCUT2D eigenvalue weighted by Crippen LogP contribution is -2.13. The fourth-order valence-corrected chi connectivity index (χ4v) is 2.29. The molecule has 1 aromatic carbocycles. The van der Waals surface area contributed by atoms with Crippen LogP contribution in [0.4, 0.5) is 11.4 Å². The number of carbonyl (C=O) groups is 2. The van der Waals surface area contributed by atoms with Gasteiger partial charge in [-0.3, -0.25) is 14.6 Å². The van der Waals surface area contributed by atoms with Gasteiger partial charge in [0.1, 0.15) is 0 Å². The fourth-order valence-electron chi connectivity index (χ4n) is 2.29. The third-order valence-corrected chi connectivity index (χ3v) is 3.42. The summed E-state index contributed by atoms with van der Waals surface area (Å²) in [5.74, 6) is 0.461. The highest BCUT2D eigenvalue weighted by Gasteiger charge is 2.11. The number of carbonyl (C=O) groups excluding carboxylic acids is 2. The summed E-state index contributed by atoms with van der Waals surface area (Å²) in [6.45, 7) is 1.43. The molecule has 0 aliphatic rings. The molecule has 0 bridgehead atoms. The largest absolute Gasteiger partial charge is 0.339 e. The summed E-state index contributed by atoms with van der Waals surface area (Å²) in [6.07, 6.45) is 3.82. The van der Waals surface area contributed by atoms with Gasteiger partial charge in [-0.2, -0.15) is 4.98 Å². The standard InChI is InChI=1S/C18H17N5O3/c1-12(24)20-14-5-2-6-15(10-14)21-16(25)7-8-17-22-18(23-26-17)13-4-3-9-19-11-13/h2-6,9-11H,7-8H2,1H3,(H,20,24)(H,21,25). The molecular formula is C18H17N5O3. The molecule has 0 fully saturated rings. The van der Waals surface area contributed by atoms with Crippen LogP contribution in [0.15, 0.2) is 53.3 Å². The first-order valence-corrected chi connectivity index (χ1v) is 8.00. The topological polar surface area (TPSA) is 110 Å². The van der Waals surface area contributed by atoms with Crippen LogP contribution in [-0.2, 0) is 16.0 Å². The minimum absolute atomic E-state index is 0.172. The molecule has 8 nitrogen and oxygen atoms in total. The van der Waals surface area contributed by atoms with E-state index in [2.05, 4.69) is 25.8 Å². The lowest BCUT2D eigenvalue weighted by molar-refractivity contribution is -0.116. The van der Waals surface area contributed by atoms with Crippen molar-refractivity contribution >= 4 is 23.2 Å². The van der Waals surface area contributed by atoms with Crippen LogP contribution in [0.2, 0.25) is 0 Å². The van der Waals surface area contributed by atoms with E-state index in [0.29, 0.717) is 29.5 Å². The molecule has 0 aliphatic heterocycles. The van der Waals surface area contributed by atoms with Crippen molar-refractivity contribution in [2.24, 2.45) is 0 Å². The zero-order valence-electron chi connectivity index (χ0n) is 14.1. The van der Waals surface area contributed by atoms with Gasteiger partial charge in [-0.25, -0.2) is 0 Å². The number of hydrogen-bond donors (Lipinski definition) is 2. The van der Waals surface area contributed by atoms with Gasteiger partial charge in [0, 0.05) is 49.1 Å². The Morgan fingerprint density at radius 3 is 2.65 bits per heavy atom. The number of nitrogens with one attached hydrogen (secondary N) is 2. The van der Waals surface area contributed by atoms with Gasteiger partial charge in [0.15, 0.2) is 0 Å². The first kappa shape index (κ1) is 17.3. The average molecular weight is 351 g/mol. The number of benzene rings is 1. The highest BCUT2D eigenvalue weighted by Crippen LogP contribution is 2.16. The van der Waals surface area contributed by atoms with Crippen LogP contribution in [0.1, 0.15) is 19.2 Å². The predicted octanol–water partition coefficient (Wildman–Crippen LogP) is 2.66. The molecule has 8 heteroatoms. The Labute approximate surface area is 149 Å². The van der Waals surface area contributed by atoms with Crippen molar-refractivity contribution < 1.29 is 14.1 Å². The van der Waals surface area contributed by atoms with E-state index in [4.69, 9.17) is 4.52 Å². The molecule has 132 valence electrons. The van der Waals surface area contributed by atoms with Crippen molar-refractivity contribution in [2.75, 3.05) is 10.6 Å². The summed E-state index contributed by atoms with van der Waals surface area (Å²) < 4.78 is 5.17. The van der Waals surface area contributed by atoms with E-state index in [1.165, 1.54) is 6.92 Å². The quantitative estimate of drug-likeness (QED) is 0.706. The van der Waals surface area contributed by atoms with Crippen molar-refractivity contribution in [3.05, 3.63) is 54.7 Å². The lowest BCUT2D eigenvalue weighted by Gasteiger charge is -2.07. The third-order valence-electron chi connectivity index (χ3n) is 3.42. The highest BCUT2D eigenvalue weighted by molar-refractivity contribution is 5.93. The van der Waals surface area contributed by atoms with Gasteiger partial charge in [0.05, 0.1) is 0 Å². The van der Waals surface area contributed by atoms with Crippen molar-refractivity contribution in [2.45, 2.75) is 19.8 Å². The van der Waals surface area contributed by atoms with Crippen molar-refractivity contribution in [1.29, 1.82) is 0 Å². The predicted molar refractivity (Wildman–Crippen MR) is 95.2 cm³/mol. The second-order valence-electron chi connectivity index (χ2n) is 5.56. The number of aromatic nitrogens is 3. The van der Waals surface area contributed by atoms with Crippen molar-refractivity contribution in [3.8, 4) is 11.4 Å². The van der Waals surface area contributed by atoms with Gasteiger partial charge in [-0.15, -0.1) is 0 Å². The van der Waals surface area contributed by atoms with E-state index >= 15 is 0 Å². The summed E-state index contributed by atoms with van der Waals surface area (Å²) in [7, 11) is 0. The van der Waals surface area contributed by atoms with E-state index in [1.54, 1.807) is 42.7 Å². The summed E-state index contributed by atoms with van der Waals surface area (Å²) >= 11 is 0. The molecule has 0 saturated heterocycles. The lowest BCUT2D eigenvalue weighted by atomic mass is 10.2. The Kier molecular flexibility index (Phi) is 5.33. The zero-order chi connectivity index (χ0) is 18.4. The Morgan fingerprint density at radius 2 is 1.92 bits per heavy atom. The third kappa shape index (κ3) is 4.73. The summed E-state index contributed by atoms with van der Waals surface area (Å²) in [6, 6.07) is 10.5. The maximum absolute atomic E-state index is 12.1. The minimum atomic E-state index is -0.189. The second-order valence-corrected chi connectivity index (χ2v) is 5.56. The maximum Gasteiger partial charge on any atom is 0.227 e. The van der Waals surface area contributed by atoms with Crippen LogP contribution in [0.3, 0.4) is 0 Å². The number of anilines is 2. The molecule has 0 atom stereocenters. The van der Waals surface area contributed by atoms with Gasteiger partial charge < -0.3 is 15.2 Å². The molecule has 2 aromatic heterocycles. The molecule has 0 unspecified atom stereocenters. The number of rotatable bonds is 6. The van der Waals surface area contributed by atoms with Gasteiger partial charge in [0.2, 0.25) is 23.5 Å². The summed E-state index contributed by atoms with van der Waals surface area (Å²) in [5, 5.41) is 9.33. The van der Waals surface area contributed by atoms with Crippen LogP contribution < -0.4 is 10.6 Å². The van der Waals surface area contributed by atoms with E-state index < -0.39 is 0 Å². The van der Waals surface area contributed by atoms with Crippen LogP contribution >= 0.6 is 0 Å². The molecule has 3 aromatic rings. The Bertz CT molecular complexity index is 908. The van der Waals surface area contributed by atoms with E-state index in [9.17, 15) is 9.59 Å². The Balaban J connectivity index is 1.55. The molecule has 0 radical (unpaired) electrons. The Morgan fingerprint density at radius 1 is 1.12 bits per heavy atom. The average Bonchev–Trinajstić information content (AvgIpc) is 3.09. The molecule has 2 heterocycles. The minimum Gasteiger partial charge on any atom is -0.339 e. The van der Waals surface area contributed by atoms with Crippen LogP contribution in [0, 0.1) is 0 Å². The number of aryl methyl sites for hydroxylation is 1. The number of pyridine rings is 1. The normalized spacial score (nSPS) is 10.3. The molecule has 0 spiro atoms. The fraction of sp³-hybridized carbons (Fsp3) is 0.167. The number of hydrogen-bond acceptors (Lipinski definition) is 6. The molecule has 0 saturated carbocycles. The zero-order valence-corrected chi connectivity index (χ0v) is 14.1. The maximum atomic E-state index is 12.1. The van der Waals surface area contributed by atoms with E-state index in [-0.39, 0.29) is 18.2 Å². The van der Waals surface area contributed by atoms with E-state index in [1.807, 2.05) is 6.07 Å². The molecule has 2 amide bonds. The van der Waals surface area contributed by atoms with Crippen LogP contribution in [0.5, 0.6) is 0 Å². The van der Waals surface area contributed by atoms with Crippen LogP contribution in [-0.4, -0.2) is 26.9 Å². The van der Waals surface area contributed by atoms with Crippen LogP contribution in [0.25, 0.3) is 11.4 Å². The second kappa shape index (κ2) is 8.02. The summed E-state index contributed by atoms with van der Waals surface area (Å²) in [4.78, 5) is 31.4. The summed E-state index contributed by atoms with van der Waals surface area (Å²) in [5.41, 5.74) is 1.97. The monoisotopic (exact) mass is 351 g/mol. The number of amides is 2. The molecular weight excluding hydrogens is 334 g/mol. The Hall–Kier alpha value is -3.55. The van der Waals surface area contributed by atoms with Gasteiger partial charge >= 0.3 is 0 Å². The molecule has 2 N–H and O–H groups in total. The molecule has 3 rings (SSSR count). The first-order valence-electron chi connectivity index (χ1n) is 8.00.